The molecule has 0 aliphatic carbocycles. The van der Waals surface area contributed by atoms with Crippen molar-refractivity contribution in [1.29, 1.82) is 0 Å². The number of likely N-dealkylation sites (tertiary alicyclic amines) is 1. The fourth-order valence-corrected chi connectivity index (χ4v) is 8.26. The average molecular weight is 1070 g/mol. The summed E-state index contributed by atoms with van der Waals surface area (Å²) < 4.78 is 0. The van der Waals surface area contributed by atoms with E-state index in [2.05, 4.69) is 41.9 Å². The second-order valence-electron chi connectivity index (χ2n) is 19.0. The van der Waals surface area contributed by atoms with E-state index in [4.69, 9.17) is 28.7 Å². The quantitative estimate of drug-likeness (QED) is 0.0216. The van der Waals surface area contributed by atoms with Crippen LogP contribution in [-0.2, 0) is 56.0 Å². The number of benzene rings is 2. The van der Waals surface area contributed by atoms with E-state index in [0.29, 0.717) is 24.0 Å². The molecule has 9 atom stereocenters. The predicted octanol–water partition coefficient (Wildman–Crippen LogP) is -2.23. The van der Waals surface area contributed by atoms with Crippen molar-refractivity contribution in [3.8, 4) is 5.75 Å². The molecule has 418 valence electrons. The van der Waals surface area contributed by atoms with Crippen molar-refractivity contribution in [2.45, 2.75) is 140 Å². The Hall–Kier alpha value is -8.03. The second-order valence-corrected chi connectivity index (χ2v) is 19.0. The average Bonchev–Trinajstić information content (AvgIpc) is 3.86. The molecule has 0 spiro atoms. The fraction of sp³-hybridized carbons (Fsp3) is 0.540. The van der Waals surface area contributed by atoms with Crippen LogP contribution in [0.25, 0.3) is 0 Å². The first kappa shape index (κ1) is 62.3. The van der Waals surface area contributed by atoms with Crippen LogP contribution in [-0.4, -0.2) is 153 Å². The van der Waals surface area contributed by atoms with Gasteiger partial charge in [0.2, 0.25) is 41.4 Å². The van der Waals surface area contributed by atoms with E-state index < -0.39 is 120 Å². The zero-order valence-electron chi connectivity index (χ0n) is 43.4. The van der Waals surface area contributed by atoms with Crippen molar-refractivity contribution in [3.05, 3.63) is 65.7 Å². The molecule has 1 aliphatic rings. The van der Waals surface area contributed by atoms with Crippen LogP contribution in [0.3, 0.4) is 0 Å². The number of aromatic hydroxyl groups is 1. The summed E-state index contributed by atoms with van der Waals surface area (Å²) in [6, 6.07) is 3.87. The summed E-state index contributed by atoms with van der Waals surface area (Å²) >= 11 is 0. The highest BCUT2D eigenvalue weighted by Crippen LogP contribution is 2.22. The molecule has 0 saturated carbocycles. The van der Waals surface area contributed by atoms with E-state index in [1.807, 2.05) is 0 Å². The minimum Gasteiger partial charge on any atom is -0.508 e. The lowest BCUT2D eigenvalue weighted by molar-refractivity contribution is -0.145. The lowest BCUT2D eigenvalue weighted by Gasteiger charge is -2.32. The number of phenolic OH excluding ortho intramolecular Hbond substituents is 1. The number of nitrogens with one attached hydrogen (secondary N) is 6. The molecular formula is C50H76N14O12. The molecule has 0 bridgehead atoms. The molecule has 1 heterocycles. The minimum absolute atomic E-state index is 0.0111. The lowest BCUT2D eigenvalue weighted by atomic mass is 9.96. The van der Waals surface area contributed by atoms with Gasteiger partial charge in [0.1, 0.15) is 48.0 Å². The number of guanidine groups is 2. The summed E-state index contributed by atoms with van der Waals surface area (Å²) in [5.74, 6) is -9.93. The molecule has 0 radical (unpaired) electrons. The Morgan fingerprint density at radius 3 is 1.71 bits per heavy atom. The Morgan fingerprint density at radius 2 is 1.16 bits per heavy atom. The van der Waals surface area contributed by atoms with E-state index >= 15 is 0 Å². The largest absolute Gasteiger partial charge is 0.508 e. The Kier molecular flexibility index (Phi) is 25.4. The van der Waals surface area contributed by atoms with Gasteiger partial charge >= 0.3 is 11.9 Å². The minimum atomic E-state index is -1.51. The summed E-state index contributed by atoms with van der Waals surface area (Å²) in [4.78, 5) is 131. The molecule has 2 aromatic rings. The number of carbonyl (C=O) groups is 9. The highest BCUT2D eigenvalue weighted by atomic mass is 16.4. The van der Waals surface area contributed by atoms with Crippen LogP contribution in [0.15, 0.2) is 64.6 Å². The molecule has 1 fully saturated rings. The zero-order valence-corrected chi connectivity index (χ0v) is 43.4. The first-order valence-corrected chi connectivity index (χ1v) is 25.2. The van der Waals surface area contributed by atoms with E-state index in [1.165, 1.54) is 29.2 Å². The number of aliphatic imine (C=N–C) groups is 2. The van der Waals surface area contributed by atoms with Gasteiger partial charge in [-0.2, -0.15) is 0 Å². The van der Waals surface area contributed by atoms with Crippen LogP contribution in [0.2, 0.25) is 0 Å². The molecule has 0 unspecified atom stereocenters. The molecule has 7 amide bonds. The summed E-state index contributed by atoms with van der Waals surface area (Å²) in [6.45, 7) is 6.93. The number of hydrogen-bond acceptors (Lipinski definition) is 13. The van der Waals surface area contributed by atoms with Gasteiger partial charge in [-0.25, -0.2) is 4.79 Å². The highest BCUT2D eigenvalue weighted by Gasteiger charge is 2.41. The van der Waals surface area contributed by atoms with Gasteiger partial charge in [0, 0.05) is 32.5 Å². The summed E-state index contributed by atoms with van der Waals surface area (Å²) in [5.41, 5.74) is 28.8. The van der Waals surface area contributed by atoms with Crippen molar-refractivity contribution in [3.63, 3.8) is 0 Å². The maximum absolute atomic E-state index is 14.6. The van der Waals surface area contributed by atoms with Crippen LogP contribution in [0.4, 0.5) is 0 Å². The Labute approximate surface area is 441 Å². The summed E-state index contributed by atoms with van der Waals surface area (Å²) in [5, 5.41) is 45.1. The number of rotatable bonds is 31. The topological polar surface area (TPSA) is 445 Å². The van der Waals surface area contributed by atoms with Gasteiger partial charge in [0.05, 0.1) is 12.5 Å². The Balaban J connectivity index is 1.93. The fourth-order valence-electron chi connectivity index (χ4n) is 8.26. The normalized spacial score (nSPS) is 16.2. The Morgan fingerprint density at radius 1 is 0.645 bits per heavy atom. The highest BCUT2D eigenvalue weighted by molar-refractivity contribution is 5.98. The van der Waals surface area contributed by atoms with Crippen LogP contribution in [0.5, 0.6) is 5.75 Å². The van der Waals surface area contributed by atoms with E-state index in [-0.39, 0.29) is 82.2 Å². The van der Waals surface area contributed by atoms with E-state index in [9.17, 15) is 58.5 Å². The van der Waals surface area contributed by atoms with Gasteiger partial charge in [-0.05, 0) is 73.6 Å². The van der Waals surface area contributed by atoms with E-state index in [0.717, 1.165) is 0 Å². The third-order valence-electron chi connectivity index (χ3n) is 12.7. The standard InChI is InChI=1S/C50H76N14O12/c1-5-28(4)40(46(73)59-34(15-10-22-57-50(54)55)47(74)64-23-11-16-37(64)44(71)61-36(48(75)76)25-29-12-7-6-8-13-29)63-43(70)35(24-30-17-19-31(65)20-18-30)60-45(72)39(27(2)3)62-42(69)33(14-9-21-56-49(52)53)58-41(68)32(51)26-38(66)67/h6-8,12-13,17-20,27-28,32-37,39-40,65H,5,9-11,14-16,21-26,51H2,1-4H3,(H,58,68)(H,59,73)(H,60,72)(H,61,71)(H,62,69)(H,63,70)(H,66,67)(H,75,76)(H4,52,53,56)(H4,54,55,57)/t28-,32-,33-,34-,35-,36-,37-,39-,40-/m0/s1. The SMILES string of the molecule is CC[C@H](C)[C@H](NC(=O)[C@H](Cc1ccc(O)cc1)NC(=O)[C@@H](NC(=O)[C@H](CCCN=C(N)N)NC(=O)[C@@H](N)CC(=O)O)C(C)C)C(=O)N[C@@H](CCCN=C(N)N)C(=O)N1CCC[C@H]1C(=O)N[C@@H](Cc1ccccc1)C(=O)O. The number of hydrogen-bond donors (Lipinski definition) is 14. The third-order valence-corrected chi connectivity index (χ3v) is 12.7. The van der Waals surface area contributed by atoms with Gasteiger partial charge in [-0.1, -0.05) is 76.6 Å². The molecule has 0 aromatic heterocycles. The number of nitrogens with two attached hydrogens (primary N) is 5. The number of carboxylic acid groups (broad SMARTS) is 2. The predicted molar refractivity (Wildman–Crippen MR) is 280 cm³/mol. The number of carboxylic acids is 2. The van der Waals surface area contributed by atoms with Crippen LogP contribution in [0.1, 0.15) is 90.2 Å². The molecule has 26 nitrogen and oxygen atoms in total. The van der Waals surface area contributed by atoms with Gasteiger partial charge in [0.15, 0.2) is 11.9 Å². The number of aliphatic carboxylic acids is 2. The first-order valence-electron chi connectivity index (χ1n) is 25.2. The maximum Gasteiger partial charge on any atom is 0.326 e. The van der Waals surface area contributed by atoms with Crippen LogP contribution >= 0.6 is 0 Å². The van der Waals surface area contributed by atoms with Gasteiger partial charge in [-0.3, -0.25) is 48.3 Å². The molecule has 2 aromatic carbocycles. The zero-order chi connectivity index (χ0) is 56.6. The molecule has 1 saturated heterocycles. The second kappa shape index (κ2) is 31.0. The molecule has 3 rings (SSSR count). The van der Waals surface area contributed by atoms with Gasteiger partial charge < -0.3 is 80.8 Å². The number of carbonyl (C=O) groups excluding carboxylic acids is 7. The number of phenols is 1. The van der Waals surface area contributed by atoms with Crippen LogP contribution in [0, 0.1) is 11.8 Å². The molecule has 19 N–H and O–H groups in total. The van der Waals surface area contributed by atoms with E-state index in [1.54, 1.807) is 58.0 Å². The molecule has 76 heavy (non-hydrogen) atoms. The molecular weight excluding hydrogens is 989 g/mol. The maximum atomic E-state index is 14.6. The first-order chi connectivity index (χ1) is 35.9. The van der Waals surface area contributed by atoms with Gasteiger partial charge in [0.25, 0.3) is 0 Å². The smallest absolute Gasteiger partial charge is 0.326 e. The van der Waals surface area contributed by atoms with Crippen LogP contribution < -0.4 is 60.6 Å². The monoisotopic (exact) mass is 1060 g/mol. The van der Waals surface area contributed by atoms with Crippen molar-refractivity contribution < 1.29 is 58.5 Å². The van der Waals surface area contributed by atoms with Gasteiger partial charge in [-0.15, -0.1) is 0 Å². The van der Waals surface area contributed by atoms with Crippen molar-refractivity contribution in [2.24, 2.45) is 50.5 Å². The Bertz CT molecular complexity index is 2360. The third kappa shape index (κ3) is 20.7. The van der Waals surface area contributed by atoms with Crippen molar-refractivity contribution >= 4 is 65.2 Å². The summed E-state index contributed by atoms with van der Waals surface area (Å²) in [6.07, 6.45) is 0.292. The lowest BCUT2D eigenvalue weighted by Crippen LogP contribution is -2.62. The number of nitrogens with zero attached hydrogens (tertiary/aromatic N) is 3. The van der Waals surface area contributed by atoms with Crippen molar-refractivity contribution in [1.82, 2.24) is 36.8 Å². The summed E-state index contributed by atoms with van der Waals surface area (Å²) in [7, 11) is 0. The molecule has 26 heteroatoms. The number of amides is 7. The van der Waals surface area contributed by atoms with Crippen molar-refractivity contribution in [2.75, 3.05) is 19.6 Å². The molecule has 1 aliphatic heterocycles.